The first kappa shape index (κ1) is 12.1. The Hall–Kier alpha value is -2.35. The zero-order valence-electron chi connectivity index (χ0n) is 10.0. The lowest BCUT2D eigenvalue weighted by Crippen LogP contribution is -2.40. The predicted octanol–water partition coefficient (Wildman–Crippen LogP) is 1.37. The normalized spacial score (nSPS) is 22.8. The summed E-state index contributed by atoms with van der Waals surface area (Å²) in [7, 11) is 0. The van der Waals surface area contributed by atoms with Crippen molar-refractivity contribution < 1.29 is 9.59 Å². The Kier molecular flexibility index (Phi) is 3.02. The number of nitriles is 1. The first-order valence-electron chi connectivity index (χ1n) is 5.66. The van der Waals surface area contributed by atoms with Crippen LogP contribution >= 0.6 is 0 Å². The van der Waals surface area contributed by atoms with E-state index in [1.807, 2.05) is 24.3 Å². The maximum Gasteiger partial charge on any atom is 0.325 e. The van der Waals surface area contributed by atoms with Gasteiger partial charge in [-0.15, -0.1) is 0 Å². The summed E-state index contributed by atoms with van der Waals surface area (Å²) in [6.45, 7) is 1.80. The number of nitrogens with one attached hydrogen (secondary N) is 1. The number of benzene rings is 1. The fourth-order valence-corrected chi connectivity index (χ4v) is 2.03. The standard InChI is InChI=1S/C13H13N3O2/c1-13(10-6-3-2-4-7-10)11(17)16(9-5-8-14)12(18)15-13/h2-4,6-7H,5,9H2,1H3,(H,15,18)/t13-/m0/s1. The van der Waals surface area contributed by atoms with Gasteiger partial charge in [0.1, 0.15) is 5.54 Å². The molecule has 1 atom stereocenters. The summed E-state index contributed by atoms with van der Waals surface area (Å²) in [5, 5.41) is 11.2. The molecule has 1 aromatic rings. The zero-order valence-corrected chi connectivity index (χ0v) is 10.0. The number of nitrogens with zero attached hydrogens (tertiary/aromatic N) is 2. The molecule has 0 aliphatic carbocycles. The van der Waals surface area contributed by atoms with E-state index in [4.69, 9.17) is 5.26 Å². The van der Waals surface area contributed by atoms with E-state index < -0.39 is 11.6 Å². The molecule has 5 nitrogen and oxygen atoms in total. The van der Waals surface area contributed by atoms with Crippen LogP contribution in [0, 0.1) is 11.3 Å². The Bertz CT molecular complexity index is 521. The fraction of sp³-hybridized carbons (Fsp3) is 0.308. The van der Waals surface area contributed by atoms with E-state index in [2.05, 4.69) is 5.32 Å². The van der Waals surface area contributed by atoms with Crippen molar-refractivity contribution in [2.75, 3.05) is 6.54 Å². The molecule has 0 bridgehead atoms. The first-order valence-corrected chi connectivity index (χ1v) is 5.66. The van der Waals surface area contributed by atoms with Crippen molar-refractivity contribution in [3.05, 3.63) is 35.9 Å². The van der Waals surface area contributed by atoms with E-state index in [1.54, 1.807) is 19.1 Å². The molecule has 1 aliphatic rings. The second-order valence-corrected chi connectivity index (χ2v) is 4.29. The number of imide groups is 1. The molecule has 18 heavy (non-hydrogen) atoms. The van der Waals surface area contributed by atoms with E-state index in [1.165, 1.54) is 0 Å². The number of carbonyl (C=O) groups is 2. The fourth-order valence-electron chi connectivity index (χ4n) is 2.03. The van der Waals surface area contributed by atoms with Gasteiger partial charge >= 0.3 is 6.03 Å². The van der Waals surface area contributed by atoms with Gasteiger partial charge in [-0.1, -0.05) is 30.3 Å². The molecule has 0 unspecified atom stereocenters. The van der Waals surface area contributed by atoms with Crippen LogP contribution in [0.1, 0.15) is 18.9 Å². The molecular weight excluding hydrogens is 230 g/mol. The molecule has 92 valence electrons. The van der Waals surface area contributed by atoms with Crippen LogP contribution in [0.3, 0.4) is 0 Å². The van der Waals surface area contributed by atoms with Crippen LogP contribution in [0.4, 0.5) is 4.79 Å². The van der Waals surface area contributed by atoms with E-state index in [9.17, 15) is 9.59 Å². The molecule has 1 aliphatic heterocycles. The van der Waals surface area contributed by atoms with Gasteiger partial charge in [0.05, 0.1) is 12.5 Å². The second kappa shape index (κ2) is 4.49. The molecule has 0 spiro atoms. The van der Waals surface area contributed by atoms with Crippen LogP contribution in [-0.4, -0.2) is 23.4 Å². The highest BCUT2D eigenvalue weighted by molar-refractivity contribution is 6.07. The molecule has 0 saturated carbocycles. The zero-order chi connectivity index (χ0) is 13.2. The number of amides is 3. The minimum atomic E-state index is -1.03. The van der Waals surface area contributed by atoms with Crippen molar-refractivity contribution in [3.8, 4) is 6.07 Å². The van der Waals surface area contributed by atoms with Gasteiger partial charge in [0.15, 0.2) is 0 Å². The van der Waals surface area contributed by atoms with Gasteiger partial charge in [-0.05, 0) is 12.5 Å². The van der Waals surface area contributed by atoms with Crippen molar-refractivity contribution in [2.45, 2.75) is 18.9 Å². The summed E-state index contributed by atoms with van der Waals surface area (Å²) in [4.78, 5) is 25.1. The topological polar surface area (TPSA) is 73.2 Å². The molecule has 0 aromatic heterocycles. The Labute approximate surface area is 105 Å². The van der Waals surface area contributed by atoms with E-state index in [-0.39, 0.29) is 18.9 Å². The molecule has 2 rings (SSSR count). The molecule has 1 saturated heterocycles. The summed E-state index contributed by atoms with van der Waals surface area (Å²) in [5.41, 5.74) is -0.295. The smallest absolute Gasteiger partial charge is 0.319 e. The van der Waals surface area contributed by atoms with Gasteiger partial charge in [-0.2, -0.15) is 5.26 Å². The van der Waals surface area contributed by atoms with Crippen molar-refractivity contribution in [2.24, 2.45) is 0 Å². The highest BCUT2D eigenvalue weighted by Crippen LogP contribution is 2.28. The van der Waals surface area contributed by atoms with Gasteiger partial charge in [-0.3, -0.25) is 9.69 Å². The predicted molar refractivity (Wildman–Crippen MR) is 64.3 cm³/mol. The molecule has 0 radical (unpaired) electrons. The number of urea groups is 1. The summed E-state index contributed by atoms with van der Waals surface area (Å²) in [5.74, 6) is -0.311. The van der Waals surface area contributed by atoms with Crippen LogP contribution < -0.4 is 5.32 Å². The molecule has 1 aromatic carbocycles. The number of hydrogen-bond acceptors (Lipinski definition) is 3. The highest BCUT2D eigenvalue weighted by Gasteiger charge is 2.48. The average Bonchev–Trinajstić information content (AvgIpc) is 2.60. The SMILES string of the molecule is C[C@@]1(c2ccccc2)NC(=O)N(CCC#N)C1=O. The third kappa shape index (κ3) is 1.82. The Morgan fingerprint density at radius 2 is 2.00 bits per heavy atom. The summed E-state index contributed by atoms with van der Waals surface area (Å²) in [6, 6.07) is 10.6. The number of rotatable bonds is 3. The average molecular weight is 243 g/mol. The molecule has 1 fully saturated rings. The lowest BCUT2D eigenvalue weighted by molar-refractivity contribution is -0.131. The largest absolute Gasteiger partial charge is 0.325 e. The van der Waals surface area contributed by atoms with Crippen molar-refractivity contribution in [3.63, 3.8) is 0 Å². The summed E-state index contributed by atoms with van der Waals surface area (Å²) < 4.78 is 0. The Morgan fingerprint density at radius 1 is 1.33 bits per heavy atom. The summed E-state index contributed by atoms with van der Waals surface area (Å²) >= 11 is 0. The van der Waals surface area contributed by atoms with Crippen LogP contribution in [0.5, 0.6) is 0 Å². The number of hydrogen-bond donors (Lipinski definition) is 1. The maximum atomic E-state index is 12.3. The Morgan fingerprint density at radius 3 is 2.61 bits per heavy atom. The molecule has 1 heterocycles. The molecular formula is C13H13N3O2. The minimum absolute atomic E-state index is 0.129. The van der Waals surface area contributed by atoms with Gasteiger partial charge in [0, 0.05) is 6.54 Å². The first-order chi connectivity index (χ1) is 8.59. The molecule has 5 heteroatoms. The second-order valence-electron chi connectivity index (χ2n) is 4.29. The minimum Gasteiger partial charge on any atom is -0.319 e. The van der Waals surface area contributed by atoms with E-state index in [0.29, 0.717) is 0 Å². The lowest BCUT2D eigenvalue weighted by atomic mass is 9.92. The lowest BCUT2D eigenvalue weighted by Gasteiger charge is -2.21. The number of carbonyl (C=O) groups excluding carboxylic acids is 2. The molecule has 1 N–H and O–H groups in total. The quantitative estimate of drug-likeness (QED) is 0.815. The monoisotopic (exact) mass is 243 g/mol. The van der Waals surface area contributed by atoms with Gasteiger partial charge in [-0.25, -0.2) is 4.79 Å². The summed E-state index contributed by atoms with van der Waals surface area (Å²) in [6.07, 6.45) is 0.143. The van der Waals surface area contributed by atoms with Crippen LogP contribution in [0.25, 0.3) is 0 Å². The van der Waals surface area contributed by atoms with Crippen LogP contribution in [-0.2, 0) is 10.3 Å². The van der Waals surface area contributed by atoms with E-state index in [0.717, 1.165) is 10.5 Å². The Balaban J connectivity index is 2.30. The van der Waals surface area contributed by atoms with E-state index >= 15 is 0 Å². The third-order valence-electron chi connectivity index (χ3n) is 3.07. The third-order valence-corrected chi connectivity index (χ3v) is 3.07. The van der Waals surface area contributed by atoms with Crippen molar-refractivity contribution in [1.82, 2.24) is 10.2 Å². The van der Waals surface area contributed by atoms with Crippen LogP contribution in [0.15, 0.2) is 30.3 Å². The van der Waals surface area contributed by atoms with Crippen LogP contribution in [0.2, 0.25) is 0 Å². The van der Waals surface area contributed by atoms with Crippen molar-refractivity contribution in [1.29, 1.82) is 5.26 Å². The van der Waals surface area contributed by atoms with Gasteiger partial charge in [0.2, 0.25) is 0 Å². The molecule has 3 amide bonds. The maximum absolute atomic E-state index is 12.3. The van der Waals surface area contributed by atoms with Crippen molar-refractivity contribution >= 4 is 11.9 Å². The highest BCUT2D eigenvalue weighted by atomic mass is 16.2. The van der Waals surface area contributed by atoms with Gasteiger partial charge < -0.3 is 5.32 Å². The van der Waals surface area contributed by atoms with Gasteiger partial charge in [0.25, 0.3) is 5.91 Å².